The Morgan fingerprint density at radius 1 is 1.12 bits per heavy atom. The molecule has 0 saturated heterocycles. The number of fused-ring (bicyclic) bond motifs is 1. The Morgan fingerprint density at radius 2 is 1.88 bits per heavy atom. The average Bonchev–Trinajstić information content (AvgIpc) is 3.34. The van der Waals surface area contributed by atoms with Crippen LogP contribution in [0, 0.1) is 0 Å². The summed E-state index contributed by atoms with van der Waals surface area (Å²) in [5.41, 5.74) is 2.63. The van der Waals surface area contributed by atoms with E-state index in [9.17, 15) is 8.42 Å². The van der Waals surface area contributed by atoms with Crippen LogP contribution < -0.4 is 4.74 Å². The minimum Gasteiger partial charge on any atom is -0.494 e. The van der Waals surface area contributed by atoms with Gasteiger partial charge in [-0.1, -0.05) is 18.7 Å². The first-order valence-electron chi connectivity index (χ1n) is 10.7. The molecule has 3 heterocycles. The van der Waals surface area contributed by atoms with E-state index in [1.165, 1.54) is 4.31 Å². The van der Waals surface area contributed by atoms with E-state index in [0.717, 1.165) is 22.2 Å². The number of benzene rings is 1. The molecule has 9 nitrogen and oxygen atoms in total. The minimum absolute atomic E-state index is 0.251. The number of thioether (sulfide) groups is 1. The number of aryl methyl sites for hydroxylation is 1. The van der Waals surface area contributed by atoms with E-state index in [1.807, 2.05) is 30.1 Å². The molecule has 2 aromatic heterocycles. The Kier molecular flexibility index (Phi) is 6.59. The summed E-state index contributed by atoms with van der Waals surface area (Å²) in [7, 11) is -1.76. The molecule has 0 N–H and O–H groups in total. The van der Waals surface area contributed by atoms with Gasteiger partial charge < -0.3 is 9.30 Å². The molecule has 1 aromatic carbocycles. The van der Waals surface area contributed by atoms with Gasteiger partial charge in [-0.3, -0.25) is 4.68 Å². The Labute approximate surface area is 192 Å². The highest BCUT2D eigenvalue weighted by molar-refractivity contribution is 7.99. The number of hydrogen-bond acceptors (Lipinski definition) is 7. The second kappa shape index (κ2) is 9.24. The molecule has 172 valence electrons. The highest BCUT2D eigenvalue weighted by Crippen LogP contribution is 2.33. The SMILES string of the molecule is CCOc1ccc(S(=O)(=O)N2CCc3c(c(-c4nnc(SCC)n4CC)nn3C)C2)cc1. The molecular formula is C21H28N6O3S2. The van der Waals surface area contributed by atoms with Crippen molar-refractivity contribution >= 4 is 21.8 Å². The average molecular weight is 477 g/mol. The number of sulfonamides is 1. The lowest BCUT2D eigenvalue weighted by Crippen LogP contribution is -2.36. The van der Waals surface area contributed by atoms with Gasteiger partial charge in [0.25, 0.3) is 0 Å². The Bertz CT molecular complexity index is 1200. The van der Waals surface area contributed by atoms with E-state index in [-0.39, 0.29) is 11.4 Å². The molecule has 0 saturated carbocycles. The van der Waals surface area contributed by atoms with E-state index in [1.54, 1.807) is 36.0 Å². The highest BCUT2D eigenvalue weighted by atomic mass is 32.2. The smallest absolute Gasteiger partial charge is 0.243 e. The molecule has 0 amide bonds. The zero-order valence-corrected chi connectivity index (χ0v) is 20.4. The lowest BCUT2D eigenvalue weighted by molar-refractivity contribution is 0.340. The van der Waals surface area contributed by atoms with Crippen LogP contribution in [0.2, 0.25) is 0 Å². The molecule has 1 aliphatic heterocycles. The molecule has 11 heteroatoms. The van der Waals surface area contributed by atoms with Crippen molar-refractivity contribution in [1.82, 2.24) is 28.9 Å². The number of nitrogens with zero attached hydrogens (tertiary/aromatic N) is 6. The van der Waals surface area contributed by atoms with Gasteiger partial charge >= 0.3 is 0 Å². The summed E-state index contributed by atoms with van der Waals surface area (Å²) in [6.45, 7) is 7.91. The molecule has 0 radical (unpaired) electrons. The lowest BCUT2D eigenvalue weighted by Gasteiger charge is -2.27. The first kappa shape index (κ1) is 22.8. The van der Waals surface area contributed by atoms with E-state index >= 15 is 0 Å². The van der Waals surface area contributed by atoms with Crippen molar-refractivity contribution in [3.05, 3.63) is 35.5 Å². The summed E-state index contributed by atoms with van der Waals surface area (Å²) < 4.78 is 37.5. The molecule has 0 fully saturated rings. The first-order valence-corrected chi connectivity index (χ1v) is 13.2. The van der Waals surface area contributed by atoms with Crippen LogP contribution in [0.1, 0.15) is 32.0 Å². The van der Waals surface area contributed by atoms with Gasteiger partial charge in [-0.25, -0.2) is 8.42 Å². The Morgan fingerprint density at radius 3 is 2.53 bits per heavy atom. The second-order valence-electron chi connectivity index (χ2n) is 7.37. The quantitative estimate of drug-likeness (QED) is 0.461. The monoisotopic (exact) mass is 476 g/mol. The second-order valence-corrected chi connectivity index (χ2v) is 10.5. The van der Waals surface area contributed by atoms with Gasteiger partial charge in [0.2, 0.25) is 10.0 Å². The first-order chi connectivity index (χ1) is 15.4. The van der Waals surface area contributed by atoms with Crippen molar-refractivity contribution in [3.8, 4) is 17.3 Å². The maximum atomic E-state index is 13.4. The van der Waals surface area contributed by atoms with Gasteiger partial charge in [0.1, 0.15) is 11.4 Å². The van der Waals surface area contributed by atoms with Crippen LogP contribution in [0.4, 0.5) is 0 Å². The summed E-state index contributed by atoms with van der Waals surface area (Å²) >= 11 is 1.63. The highest BCUT2D eigenvalue weighted by Gasteiger charge is 2.33. The van der Waals surface area contributed by atoms with Gasteiger partial charge in [-0.2, -0.15) is 9.40 Å². The van der Waals surface area contributed by atoms with E-state index < -0.39 is 10.0 Å². The van der Waals surface area contributed by atoms with Gasteiger partial charge in [-0.05, 0) is 43.9 Å². The van der Waals surface area contributed by atoms with Crippen molar-refractivity contribution in [2.75, 3.05) is 18.9 Å². The van der Waals surface area contributed by atoms with Crippen LogP contribution in [0.5, 0.6) is 5.75 Å². The van der Waals surface area contributed by atoms with Gasteiger partial charge in [0.05, 0.1) is 11.5 Å². The summed E-state index contributed by atoms with van der Waals surface area (Å²) in [4.78, 5) is 0.258. The standard InChI is InChI=1S/C21H28N6O3S2/c1-5-27-20(22-23-21(27)31-7-3)19-17-14-26(13-12-18(17)25(4)24-19)32(28,29)16-10-8-15(9-11-16)30-6-2/h8-11H,5-7,12-14H2,1-4H3. The van der Waals surface area contributed by atoms with Crippen LogP contribution in [0.3, 0.4) is 0 Å². The zero-order valence-electron chi connectivity index (χ0n) is 18.8. The van der Waals surface area contributed by atoms with Crippen molar-refractivity contribution in [1.29, 1.82) is 0 Å². The summed E-state index contributed by atoms with van der Waals surface area (Å²) in [6, 6.07) is 6.58. The predicted molar refractivity (Wildman–Crippen MR) is 123 cm³/mol. The van der Waals surface area contributed by atoms with Crippen LogP contribution in [-0.4, -0.2) is 56.2 Å². The molecule has 0 unspecified atom stereocenters. The van der Waals surface area contributed by atoms with Gasteiger partial charge in [0, 0.05) is 44.4 Å². The van der Waals surface area contributed by atoms with Crippen molar-refractivity contribution in [2.24, 2.45) is 7.05 Å². The van der Waals surface area contributed by atoms with Crippen LogP contribution >= 0.6 is 11.8 Å². The summed E-state index contributed by atoms with van der Waals surface area (Å²) in [5, 5.41) is 14.3. The molecule has 0 aliphatic carbocycles. The van der Waals surface area contributed by atoms with Crippen molar-refractivity contribution in [3.63, 3.8) is 0 Å². The van der Waals surface area contributed by atoms with Gasteiger partial charge in [-0.15, -0.1) is 10.2 Å². The van der Waals surface area contributed by atoms with Crippen LogP contribution in [-0.2, 0) is 36.6 Å². The topological polar surface area (TPSA) is 95.1 Å². The molecule has 0 atom stereocenters. The fourth-order valence-corrected chi connectivity index (χ4v) is 6.10. The molecule has 0 bridgehead atoms. The van der Waals surface area contributed by atoms with Crippen molar-refractivity contribution < 1.29 is 13.2 Å². The van der Waals surface area contributed by atoms with E-state index in [0.29, 0.717) is 43.4 Å². The third kappa shape index (κ3) is 4.04. The number of ether oxygens (including phenoxy) is 1. The zero-order chi connectivity index (χ0) is 22.9. The lowest BCUT2D eigenvalue weighted by atomic mass is 10.1. The molecule has 32 heavy (non-hydrogen) atoms. The number of hydrogen-bond donors (Lipinski definition) is 0. The van der Waals surface area contributed by atoms with Crippen LogP contribution in [0.25, 0.3) is 11.5 Å². The summed E-state index contributed by atoms with van der Waals surface area (Å²) in [5.74, 6) is 2.23. The van der Waals surface area contributed by atoms with Crippen LogP contribution in [0.15, 0.2) is 34.3 Å². The minimum atomic E-state index is -3.65. The van der Waals surface area contributed by atoms with Gasteiger partial charge in [0.15, 0.2) is 11.0 Å². The molecule has 3 aromatic rings. The normalized spacial score (nSPS) is 14.5. The Balaban J connectivity index is 1.68. The maximum Gasteiger partial charge on any atom is 0.243 e. The van der Waals surface area contributed by atoms with E-state index in [2.05, 4.69) is 17.1 Å². The fraction of sp³-hybridized carbons (Fsp3) is 0.476. The third-order valence-corrected chi connectivity index (χ3v) is 8.21. The predicted octanol–water partition coefficient (Wildman–Crippen LogP) is 2.96. The Hall–Kier alpha value is -2.37. The molecule has 0 spiro atoms. The fourth-order valence-electron chi connectivity index (χ4n) is 3.96. The third-order valence-electron chi connectivity index (χ3n) is 5.50. The molecule has 4 rings (SSSR count). The largest absolute Gasteiger partial charge is 0.494 e. The maximum absolute atomic E-state index is 13.4. The molecular weight excluding hydrogens is 448 g/mol. The molecule has 1 aliphatic rings. The summed E-state index contributed by atoms with van der Waals surface area (Å²) in [6.07, 6.45) is 0.589. The number of aromatic nitrogens is 5. The van der Waals surface area contributed by atoms with Crippen molar-refractivity contribution in [2.45, 2.75) is 50.3 Å². The number of rotatable bonds is 8. The van der Waals surface area contributed by atoms with E-state index in [4.69, 9.17) is 9.84 Å².